The molecule has 0 amide bonds. The zero-order chi connectivity index (χ0) is 16.0. The molecule has 2 aromatic carbocycles. The Bertz CT molecular complexity index is 673. The van der Waals surface area contributed by atoms with Crippen LogP contribution in [0.4, 0.5) is 0 Å². The Labute approximate surface area is 130 Å². The number of esters is 1. The second-order valence-corrected chi connectivity index (χ2v) is 4.94. The molecule has 0 saturated carbocycles. The molecule has 0 fully saturated rings. The maximum atomic E-state index is 11.6. The second-order valence-electron chi connectivity index (χ2n) is 4.94. The Balaban J connectivity index is 2.72. The van der Waals surface area contributed by atoms with Crippen molar-refractivity contribution < 1.29 is 9.53 Å². The van der Waals surface area contributed by atoms with Crippen molar-refractivity contribution in [3.8, 4) is 6.07 Å². The molecule has 22 heavy (non-hydrogen) atoms. The summed E-state index contributed by atoms with van der Waals surface area (Å²) >= 11 is 0. The van der Waals surface area contributed by atoms with E-state index in [2.05, 4.69) is 6.07 Å². The molecule has 3 nitrogen and oxygen atoms in total. The van der Waals surface area contributed by atoms with E-state index in [-0.39, 0.29) is 0 Å². The fourth-order valence-electron chi connectivity index (χ4n) is 2.56. The monoisotopic (exact) mass is 291 g/mol. The molecule has 0 N–H and O–H groups in total. The number of ether oxygens (including phenoxy) is 1. The van der Waals surface area contributed by atoms with E-state index < -0.39 is 11.4 Å². The lowest BCUT2D eigenvalue weighted by molar-refractivity contribution is -0.134. The normalized spacial score (nSPS) is 11.6. The highest BCUT2D eigenvalue weighted by Gasteiger charge is 2.36. The van der Waals surface area contributed by atoms with Gasteiger partial charge in [-0.25, -0.2) is 4.79 Å². The quantitative estimate of drug-likeness (QED) is 0.638. The van der Waals surface area contributed by atoms with E-state index in [1.165, 1.54) is 13.2 Å². The van der Waals surface area contributed by atoms with Crippen molar-refractivity contribution in [1.82, 2.24) is 0 Å². The van der Waals surface area contributed by atoms with Gasteiger partial charge in [0.1, 0.15) is 5.41 Å². The Morgan fingerprint density at radius 1 is 1.05 bits per heavy atom. The van der Waals surface area contributed by atoms with E-state index >= 15 is 0 Å². The Morgan fingerprint density at radius 3 is 1.86 bits per heavy atom. The predicted molar refractivity (Wildman–Crippen MR) is 85.1 cm³/mol. The molecule has 2 aromatic rings. The van der Waals surface area contributed by atoms with E-state index in [0.717, 1.165) is 11.1 Å². The van der Waals surface area contributed by atoms with Gasteiger partial charge in [0, 0.05) is 6.08 Å². The first kappa shape index (κ1) is 15.5. The summed E-state index contributed by atoms with van der Waals surface area (Å²) in [6.07, 6.45) is 1.38. The van der Waals surface area contributed by atoms with E-state index in [9.17, 15) is 10.1 Å². The predicted octanol–water partition coefficient (Wildman–Crippen LogP) is 3.62. The number of hydrogen-bond donors (Lipinski definition) is 0. The molecule has 0 radical (unpaired) electrons. The zero-order valence-corrected chi connectivity index (χ0v) is 12.6. The van der Waals surface area contributed by atoms with Gasteiger partial charge in [-0.15, -0.1) is 0 Å². The fraction of sp³-hybridized carbons (Fsp3) is 0.158. The summed E-state index contributed by atoms with van der Waals surface area (Å²) in [5, 5.41) is 10.00. The van der Waals surface area contributed by atoms with Crippen LogP contribution in [0, 0.1) is 11.3 Å². The maximum absolute atomic E-state index is 11.6. The standard InChI is InChI=1S/C19H17NO2/c1-15(13-18(21)22-2)19(14-20,16-9-5-3-6-10-16)17-11-7-4-8-12-17/h3-13H,1-2H3/b15-13+. The molecule has 0 bridgehead atoms. The lowest BCUT2D eigenvalue weighted by atomic mass is 9.70. The minimum Gasteiger partial charge on any atom is -0.466 e. The number of benzene rings is 2. The van der Waals surface area contributed by atoms with Gasteiger partial charge < -0.3 is 4.74 Å². The molecule has 110 valence electrons. The van der Waals surface area contributed by atoms with Gasteiger partial charge in [-0.2, -0.15) is 5.26 Å². The average molecular weight is 291 g/mol. The Morgan fingerprint density at radius 2 is 1.50 bits per heavy atom. The van der Waals surface area contributed by atoms with Gasteiger partial charge in [0.05, 0.1) is 13.2 Å². The first-order valence-corrected chi connectivity index (χ1v) is 6.94. The van der Waals surface area contributed by atoms with E-state index in [0.29, 0.717) is 5.57 Å². The van der Waals surface area contributed by atoms with Crippen molar-refractivity contribution in [3.05, 3.63) is 83.4 Å². The van der Waals surface area contributed by atoms with Crippen molar-refractivity contribution in [2.45, 2.75) is 12.3 Å². The number of allylic oxidation sites excluding steroid dienone is 1. The molecule has 0 aliphatic heterocycles. The summed E-state index contributed by atoms with van der Waals surface area (Å²) < 4.78 is 4.71. The summed E-state index contributed by atoms with van der Waals surface area (Å²) in [6.45, 7) is 1.78. The molecular formula is C19H17NO2. The van der Waals surface area contributed by atoms with Crippen LogP contribution in [-0.2, 0) is 14.9 Å². The lowest BCUT2D eigenvalue weighted by Crippen LogP contribution is -2.28. The highest BCUT2D eigenvalue weighted by Crippen LogP contribution is 2.38. The molecule has 0 spiro atoms. The number of nitriles is 1. The third-order valence-electron chi connectivity index (χ3n) is 3.71. The van der Waals surface area contributed by atoms with Gasteiger partial charge in [-0.1, -0.05) is 60.7 Å². The third-order valence-corrected chi connectivity index (χ3v) is 3.71. The smallest absolute Gasteiger partial charge is 0.330 e. The summed E-state index contributed by atoms with van der Waals surface area (Å²) in [4.78, 5) is 11.6. The minimum absolute atomic E-state index is 0.469. The molecule has 0 unspecified atom stereocenters. The van der Waals surface area contributed by atoms with Gasteiger partial charge in [-0.3, -0.25) is 0 Å². The Hall–Kier alpha value is -2.86. The van der Waals surface area contributed by atoms with Gasteiger partial charge in [-0.05, 0) is 23.6 Å². The second kappa shape index (κ2) is 6.73. The van der Waals surface area contributed by atoms with Crippen LogP contribution in [0.2, 0.25) is 0 Å². The summed E-state index contributed by atoms with van der Waals surface area (Å²) in [7, 11) is 1.32. The van der Waals surface area contributed by atoms with Gasteiger partial charge >= 0.3 is 5.97 Å². The highest BCUT2D eigenvalue weighted by molar-refractivity contribution is 5.83. The fourth-order valence-corrected chi connectivity index (χ4v) is 2.56. The van der Waals surface area contributed by atoms with Gasteiger partial charge in [0.2, 0.25) is 0 Å². The molecule has 0 aliphatic carbocycles. The maximum Gasteiger partial charge on any atom is 0.330 e. The van der Waals surface area contributed by atoms with Crippen molar-refractivity contribution in [2.75, 3.05) is 7.11 Å². The molecule has 0 aliphatic rings. The van der Waals surface area contributed by atoms with Crippen molar-refractivity contribution in [2.24, 2.45) is 0 Å². The number of rotatable bonds is 4. The number of carbonyl (C=O) groups is 1. The summed E-state index contributed by atoms with van der Waals surface area (Å²) in [5.74, 6) is -0.469. The van der Waals surface area contributed by atoms with Crippen molar-refractivity contribution >= 4 is 5.97 Å². The van der Waals surface area contributed by atoms with Crippen LogP contribution < -0.4 is 0 Å². The SMILES string of the molecule is COC(=O)/C=C(\C)C(C#N)(c1ccccc1)c1ccccc1. The molecule has 2 rings (SSSR count). The third kappa shape index (κ3) is 2.77. The first-order chi connectivity index (χ1) is 10.6. The molecule has 0 saturated heterocycles. The lowest BCUT2D eigenvalue weighted by Gasteiger charge is -2.29. The number of carbonyl (C=O) groups excluding carboxylic acids is 1. The summed E-state index contributed by atoms with van der Waals surface area (Å²) in [5.41, 5.74) is 1.25. The minimum atomic E-state index is -1.02. The van der Waals surface area contributed by atoms with Crippen LogP contribution in [0.15, 0.2) is 72.3 Å². The van der Waals surface area contributed by atoms with E-state index in [4.69, 9.17) is 4.74 Å². The molecule has 0 heterocycles. The van der Waals surface area contributed by atoms with Crippen LogP contribution in [-0.4, -0.2) is 13.1 Å². The summed E-state index contributed by atoms with van der Waals surface area (Å²) in [6, 6.07) is 21.3. The van der Waals surface area contributed by atoms with E-state index in [1.54, 1.807) is 6.92 Å². The zero-order valence-electron chi connectivity index (χ0n) is 12.6. The van der Waals surface area contributed by atoms with E-state index in [1.807, 2.05) is 60.7 Å². The molecule has 0 atom stereocenters. The van der Waals surface area contributed by atoms with Crippen molar-refractivity contribution in [1.29, 1.82) is 5.26 Å². The van der Waals surface area contributed by atoms with Gasteiger partial charge in [0.15, 0.2) is 0 Å². The number of hydrogen-bond acceptors (Lipinski definition) is 3. The average Bonchev–Trinajstić information content (AvgIpc) is 2.58. The van der Waals surface area contributed by atoms with Crippen LogP contribution in [0.5, 0.6) is 0 Å². The van der Waals surface area contributed by atoms with Gasteiger partial charge in [0.25, 0.3) is 0 Å². The Kier molecular flexibility index (Phi) is 4.75. The van der Waals surface area contributed by atoms with Crippen LogP contribution in [0.3, 0.4) is 0 Å². The van der Waals surface area contributed by atoms with Crippen molar-refractivity contribution in [3.63, 3.8) is 0 Å². The molecular weight excluding hydrogens is 274 g/mol. The van der Waals surface area contributed by atoms with Crippen LogP contribution in [0.25, 0.3) is 0 Å². The topological polar surface area (TPSA) is 50.1 Å². The number of nitrogens with zero attached hydrogens (tertiary/aromatic N) is 1. The largest absolute Gasteiger partial charge is 0.466 e. The van der Waals surface area contributed by atoms with Crippen LogP contribution in [0.1, 0.15) is 18.1 Å². The molecule has 3 heteroatoms. The number of methoxy groups -OCH3 is 1. The van der Waals surface area contributed by atoms with Crippen LogP contribution >= 0.6 is 0 Å². The highest BCUT2D eigenvalue weighted by atomic mass is 16.5. The molecule has 0 aromatic heterocycles. The first-order valence-electron chi connectivity index (χ1n) is 6.94.